The minimum Gasteiger partial charge on any atom is -0.369 e. The van der Waals surface area contributed by atoms with Crippen LogP contribution in [0.4, 0.5) is 79.0 Å². The van der Waals surface area contributed by atoms with Gasteiger partial charge in [-0.15, -0.1) is 0 Å². The summed E-state index contributed by atoms with van der Waals surface area (Å²) in [7, 11) is 0. The zero-order valence-electron chi connectivity index (χ0n) is 15.5. The number of benzene rings is 1. The van der Waals surface area contributed by atoms with Gasteiger partial charge in [-0.25, -0.2) is 4.39 Å². The maximum absolute atomic E-state index is 14.0. The Morgan fingerprint density at radius 3 is 0.886 bits per heavy atom. The molecule has 0 saturated carbocycles. The van der Waals surface area contributed by atoms with Gasteiger partial charge in [-0.05, 0) is 18.2 Å². The Labute approximate surface area is 179 Å². The Hall–Kier alpha value is -2.12. The molecule has 1 rings (SSSR count). The van der Waals surface area contributed by atoms with Gasteiger partial charge >= 0.3 is 36.8 Å². The monoisotopic (exact) mass is 560 g/mol. The van der Waals surface area contributed by atoms with Crippen LogP contribution in [-0.4, -0.2) is 47.3 Å². The summed E-state index contributed by atoms with van der Waals surface area (Å²) in [6.07, 6.45) is -40.9. The summed E-state index contributed by atoms with van der Waals surface area (Å²) in [5.74, 6) is -6.43. The van der Waals surface area contributed by atoms with E-state index in [2.05, 4.69) is 0 Å². The summed E-state index contributed by atoms with van der Waals surface area (Å²) in [6.45, 7) is 0. The van der Waals surface area contributed by atoms with Crippen molar-refractivity contribution in [2.45, 2.75) is 54.2 Å². The summed E-state index contributed by atoms with van der Waals surface area (Å²) in [4.78, 5) is 0. The third kappa shape index (κ3) is 4.94. The molecule has 2 N–H and O–H groups in total. The second-order valence-electron chi connectivity index (χ2n) is 6.74. The third-order valence-electron chi connectivity index (χ3n) is 4.40. The van der Waals surface area contributed by atoms with Crippen molar-refractivity contribution in [2.24, 2.45) is 0 Å². The number of hydrogen-bond donors (Lipinski definition) is 2. The van der Waals surface area contributed by atoms with Crippen molar-refractivity contribution in [3.8, 4) is 0 Å². The molecule has 0 bridgehead atoms. The highest BCUT2D eigenvalue weighted by atomic mass is 19.4. The molecule has 2 nitrogen and oxygen atoms in total. The van der Waals surface area contributed by atoms with Crippen LogP contribution in [0.25, 0.3) is 0 Å². The predicted molar refractivity (Wildman–Crippen MR) is 73.3 cm³/mol. The second-order valence-corrected chi connectivity index (χ2v) is 6.74. The van der Waals surface area contributed by atoms with Crippen LogP contribution in [0.3, 0.4) is 0 Å². The number of alkyl halides is 18. The minimum atomic E-state index is -7.16. The van der Waals surface area contributed by atoms with Crippen LogP contribution >= 0.6 is 0 Å². The van der Waals surface area contributed by atoms with Crippen LogP contribution in [0.1, 0.15) is 16.7 Å². The van der Waals surface area contributed by atoms with Crippen LogP contribution in [0, 0.1) is 0 Å². The first kappa shape index (κ1) is 30.9. The van der Waals surface area contributed by atoms with Crippen molar-refractivity contribution in [1.82, 2.24) is 0 Å². The van der Waals surface area contributed by atoms with Gasteiger partial charge in [0, 0.05) is 16.7 Å². The van der Waals surface area contributed by atoms with E-state index in [0.717, 1.165) is 0 Å². The van der Waals surface area contributed by atoms with Crippen LogP contribution < -0.4 is 0 Å². The summed E-state index contributed by atoms with van der Waals surface area (Å²) in [5.41, 5.74) is -23.2. The molecule has 1 atom stereocenters. The molecule has 1 aromatic carbocycles. The number of halogens is 18. The number of rotatable bonds is 4. The van der Waals surface area contributed by atoms with Crippen LogP contribution in [0.5, 0.6) is 0 Å². The Kier molecular flexibility index (Phi) is 7.24. The van der Waals surface area contributed by atoms with Crippen molar-refractivity contribution in [2.75, 3.05) is 0 Å². The highest BCUT2D eigenvalue weighted by molar-refractivity contribution is 5.42. The van der Waals surface area contributed by atoms with Crippen molar-refractivity contribution in [3.05, 3.63) is 34.9 Å². The molecule has 1 unspecified atom stereocenters. The normalized spacial score (nSPS) is 16.5. The molecule has 0 amide bonds. The first-order chi connectivity index (χ1) is 15.0. The van der Waals surface area contributed by atoms with E-state index in [0.29, 0.717) is 0 Å². The van der Waals surface area contributed by atoms with E-state index in [1.807, 2.05) is 0 Å². The van der Waals surface area contributed by atoms with E-state index in [-0.39, 0.29) is 0 Å². The molecule has 0 fully saturated rings. The van der Waals surface area contributed by atoms with Gasteiger partial charge in [0.2, 0.25) is 0 Å². The van der Waals surface area contributed by atoms with Gasteiger partial charge in [-0.2, -0.15) is 74.6 Å². The van der Waals surface area contributed by atoms with Gasteiger partial charge in [0.1, 0.15) is 0 Å². The molecule has 0 aromatic heterocycles. The molecule has 0 radical (unpaired) electrons. The average Bonchev–Trinajstić information content (AvgIpc) is 2.61. The van der Waals surface area contributed by atoms with Crippen molar-refractivity contribution in [1.29, 1.82) is 0 Å². The maximum Gasteiger partial charge on any atom is 0.430 e. The van der Waals surface area contributed by atoms with Gasteiger partial charge in [-0.1, -0.05) is 0 Å². The fourth-order valence-corrected chi connectivity index (χ4v) is 2.57. The first-order valence-corrected chi connectivity index (χ1v) is 7.94. The molecule has 20 heteroatoms. The fraction of sp³-hybridized carbons (Fsp3) is 0.600. The SMILES string of the molecule is OC(c1cc(C(F)(F)C(F)C(F)(F)F)cc(C(O)(C(F)(F)F)C(F)(F)F)c1)(C(F)(F)F)C(F)(F)F. The van der Waals surface area contributed by atoms with Gasteiger partial charge in [0.05, 0.1) is 0 Å². The highest BCUT2D eigenvalue weighted by Crippen LogP contribution is 2.55. The van der Waals surface area contributed by atoms with E-state index >= 15 is 0 Å². The number of aliphatic hydroxyl groups is 2. The van der Waals surface area contributed by atoms with Gasteiger partial charge < -0.3 is 10.2 Å². The molecule has 1 aromatic rings. The largest absolute Gasteiger partial charge is 0.430 e. The van der Waals surface area contributed by atoms with Crippen molar-refractivity contribution < 1.29 is 89.2 Å². The Balaban J connectivity index is 4.34. The van der Waals surface area contributed by atoms with Crippen molar-refractivity contribution in [3.63, 3.8) is 0 Å². The average molecular weight is 560 g/mol. The topological polar surface area (TPSA) is 40.5 Å². The molecule has 0 spiro atoms. The van der Waals surface area contributed by atoms with Crippen LogP contribution in [0.2, 0.25) is 0 Å². The second kappa shape index (κ2) is 8.20. The third-order valence-corrected chi connectivity index (χ3v) is 4.40. The molecule has 0 aliphatic rings. The Morgan fingerprint density at radius 2 is 0.686 bits per heavy atom. The highest BCUT2D eigenvalue weighted by Gasteiger charge is 2.74. The maximum atomic E-state index is 14.0. The van der Waals surface area contributed by atoms with Crippen LogP contribution in [-0.2, 0) is 17.1 Å². The molecule has 0 heterocycles. The quantitative estimate of drug-likeness (QED) is 0.425. The molecule has 35 heavy (non-hydrogen) atoms. The lowest BCUT2D eigenvalue weighted by Crippen LogP contribution is -2.56. The lowest BCUT2D eigenvalue weighted by Gasteiger charge is -2.37. The summed E-state index contributed by atoms with van der Waals surface area (Å²) >= 11 is 0. The first-order valence-electron chi connectivity index (χ1n) is 7.94. The lowest BCUT2D eigenvalue weighted by molar-refractivity contribution is -0.378. The molecular weight excluding hydrogens is 554 g/mol. The van der Waals surface area contributed by atoms with E-state index in [4.69, 9.17) is 0 Å². The van der Waals surface area contributed by atoms with Crippen molar-refractivity contribution >= 4 is 0 Å². The molecular formula is C15H6F18O2. The zero-order valence-corrected chi connectivity index (χ0v) is 15.5. The van der Waals surface area contributed by atoms with Gasteiger partial charge in [-0.3, -0.25) is 0 Å². The van der Waals surface area contributed by atoms with E-state index in [9.17, 15) is 89.2 Å². The van der Waals surface area contributed by atoms with E-state index in [1.165, 1.54) is 0 Å². The Morgan fingerprint density at radius 1 is 0.457 bits per heavy atom. The fourth-order valence-electron chi connectivity index (χ4n) is 2.57. The summed E-state index contributed by atoms with van der Waals surface area (Å²) < 4.78 is 235. The van der Waals surface area contributed by atoms with Gasteiger partial charge in [0.15, 0.2) is 0 Å². The molecule has 0 saturated heterocycles. The molecule has 0 aliphatic carbocycles. The van der Waals surface area contributed by atoms with Gasteiger partial charge in [0.25, 0.3) is 17.4 Å². The Bertz CT molecular complexity index is 832. The minimum absolute atomic E-state index is 1.43. The molecule has 0 aliphatic heterocycles. The zero-order chi connectivity index (χ0) is 28.4. The predicted octanol–water partition coefficient (Wildman–Crippen LogP) is 6.30. The number of hydrogen-bond acceptors (Lipinski definition) is 2. The van der Waals surface area contributed by atoms with E-state index in [1.54, 1.807) is 0 Å². The summed E-state index contributed by atoms with van der Waals surface area (Å²) in [5, 5.41) is 18.4. The van der Waals surface area contributed by atoms with Crippen LogP contribution in [0.15, 0.2) is 18.2 Å². The van der Waals surface area contributed by atoms with E-state index < -0.39 is 89.1 Å². The summed E-state index contributed by atoms with van der Waals surface area (Å²) in [6, 6.07) is -4.38. The lowest BCUT2D eigenvalue weighted by atomic mass is 9.82. The standard InChI is InChI=1S/C15H6F18O2/c16-7(11(19,20)21)8(17,18)4-1-5(9(34,12(22,23)24)13(25,26)27)3-6(2-4)10(35,14(28,29)30)15(31,32)33/h1-3,7,34-35H. The molecule has 204 valence electrons. The smallest absolute Gasteiger partial charge is 0.369 e.